The zero-order valence-corrected chi connectivity index (χ0v) is 15.5. The lowest BCUT2D eigenvalue weighted by atomic mass is 10.2. The lowest BCUT2D eigenvalue weighted by molar-refractivity contribution is 0.0600. The molecule has 1 aromatic carbocycles. The van der Waals surface area contributed by atoms with Gasteiger partial charge in [-0.3, -0.25) is 9.78 Å². The molecule has 2 heterocycles. The van der Waals surface area contributed by atoms with Crippen LogP contribution in [0.1, 0.15) is 32.2 Å². The summed E-state index contributed by atoms with van der Waals surface area (Å²) in [4.78, 5) is 36.6. The molecule has 8 nitrogen and oxygen atoms in total. The summed E-state index contributed by atoms with van der Waals surface area (Å²) >= 11 is 0. The number of nitrogens with one attached hydrogen (secondary N) is 2. The second kappa shape index (κ2) is 8.72. The zero-order valence-electron chi connectivity index (χ0n) is 15.5. The van der Waals surface area contributed by atoms with Crippen molar-refractivity contribution in [1.82, 2.24) is 20.3 Å². The summed E-state index contributed by atoms with van der Waals surface area (Å²) in [6.45, 7) is 2.05. The Morgan fingerprint density at radius 1 is 1.11 bits per heavy atom. The van der Waals surface area contributed by atoms with Gasteiger partial charge < -0.3 is 15.4 Å². The molecule has 0 bridgehead atoms. The number of carbonyl (C=O) groups excluding carboxylic acids is 2. The Labute approximate surface area is 162 Å². The van der Waals surface area contributed by atoms with Crippen molar-refractivity contribution < 1.29 is 14.3 Å². The van der Waals surface area contributed by atoms with Gasteiger partial charge in [0.05, 0.1) is 12.7 Å². The fourth-order valence-corrected chi connectivity index (χ4v) is 2.51. The van der Waals surface area contributed by atoms with Gasteiger partial charge in [-0.25, -0.2) is 14.8 Å². The number of hydrogen-bond acceptors (Lipinski definition) is 7. The number of pyridine rings is 1. The van der Waals surface area contributed by atoms with Gasteiger partial charge in [-0.2, -0.15) is 0 Å². The van der Waals surface area contributed by atoms with Crippen molar-refractivity contribution >= 4 is 23.4 Å². The molecule has 0 saturated heterocycles. The van der Waals surface area contributed by atoms with Gasteiger partial charge in [0.15, 0.2) is 0 Å². The molecule has 0 unspecified atom stereocenters. The summed E-state index contributed by atoms with van der Waals surface area (Å²) < 4.78 is 4.72. The van der Waals surface area contributed by atoms with Gasteiger partial charge in [0.2, 0.25) is 0 Å². The number of methoxy groups -OCH3 is 1. The van der Waals surface area contributed by atoms with E-state index in [1.807, 2.05) is 6.07 Å². The molecule has 28 heavy (non-hydrogen) atoms. The first-order chi connectivity index (χ1) is 13.5. The smallest absolute Gasteiger partial charge is 0.337 e. The highest BCUT2D eigenvalue weighted by molar-refractivity contribution is 5.93. The molecular weight excluding hydrogens is 358 g/mol. The van der Waals surface area contributed by atoms with E-state index in [4.69, 9.17) is 4.74 Å². The summed E-state index contributed by atoms with van der Waals surface area (Å²) in [7, 11) is 1.33. The highest BCUT2D eigenvalue weighted by Gasteiger charge is 2.12. The van der Waals surface area contributed by atoms with Gasteiger partial charge in [-0.1, -0.05) is 12.1 Å². The molecule has 0 aliphatic heterocycles. The van der Waals surface area contributed by atoms with Crippen molar-refractivity contribution in [2.24, 2.45) is 0 Å². The van der Waals surface area contributed by atoms with Gasteiger partial charge >= 0.3 is 5.97 Å². The first-order valence-electron chi connectivity index (χ1n) is 8.53. The summed E-state index contributed by atoms with van der Waals surface area (Å²) in [5.74, 6) is 0.139. The van der Waals surface area contributed by atoms with Crippen LogP contribution in [0.3, 0.4) is 0 Å². The van der Waals surface area contributed by atoms with Gasteiger partial charge in [-0.15, -0.1) is 0 Å². The van der Waals surface area contributed by atoms with Crippen LogP contribution in [0.5, 0.6) is 0 Å². The van der Waals surface area contributed by atoms with Crippen LogP contribution in [0.4, 0.5) is 11.5 Å². The van der Waals surface area contributed by atoms with Crippen molar-refractivity contribution in [3.05, 3.63) is 77.5 Å². The number of hydrogen-bond donors (Lipinski definition) is 2. The molecule has 0 radical (unpaired) electrons. The Hall–Kier alpha value is -3.81. The number of carbonyl (C=O) groups is 2. The number of nitrogens with zero attached hydrogens (tertiary/aromatic N) is 3. The van der Waals surface area contributed by atoms with E-state index in [1.54, 1.807) is 55.7 Å². The van der Waals surface area contributed by atoms with Crippen LogP contribution in [0.25, 0.3) is 0 Å². The van der Waals surface area contributed by atoms with Gasteiger partial charge in [0, 0.05) is 30.7 Å². The van der Waals surface area contributed by atoms with Crippen LogP contribution >= 0.6 is 0 Å². The Morgan fingerprint density at radius 3 is 2.71 bits per heavy atom. The van der Waals surface area contributed by atoms with E-state index in [1.165, 1.54) is 7.11 Å². The summed E-state index contributed by atoms with van der Waals surface area (Å²) in [5, 5.41) is 5.89. The number of benzene rings is 1. The van der Waals surface area contributed by atoms with Gasteiger partial charge in [0.25, 0.3) is 5.91 Å². The lowest BCUT2D eigenvalue weighted by Crippen LogP contribution is -2.24. The van der Waals surface area contributed by atoms with Crippen LogP contribution in [0, 0.1) is 6.92 Å². The third kappa shape index (κ3) is 4.88. The third-order valence-corrected chi connectivity index (χ3v) is 3.80. The minimum absolute atomic E-state index is 0.239. The van der Waals surface area contributed by atoms with Crippen molar-refractivity contribution in [2.45, 2.75) is 13.5 Å². The number of amides is 1. The average molecular weight is 377 g/mol. The molecule has 2 N–H and O–H groups in total. The fraction of sp³-hybridized carbons (Fsp3) is 0.150. The average Bonchev–Trinajstić information content (AvgIpc) is 2.72. The van der Waals surface area contributed by atoms with Crippen LogP contribution in [-0.4, -0.2) is 33.9 Å². The van der Waals surface area contributed by atoms with E-state index in [0.717, 1.165) is 5.56 Å². The maximum absolute atomic E-state index is 12.4. The molecule has 2 aromatic heterocycles. The quantitative estimate of drug-likeness (QED) is 0.636. The SMILES string of the molecule is COC(=O)c1cccc(Nc2cc(C(=O)NCc3cccnc3)nc(C)n2)c1. The summed E-state index contributed by atoms with van der Waals surface area (Å²) in [5.41, 5.74) is 2.18. The standard InChI is InChI=1S/C20H19N5O3/c1-13-23-17(19(26)22-12-14-5-4-8-21-11-14)10-18(24-13)25-16-7-3-6-15(9-16)20(27)28-2/h3-11H,12H2,1-2H3,(H,22,26)(H,23,24,25). The van der Waals surface area contributed by atoms with Crippen molar-refractivity contribution in [3.8, 4) is 0 Å². The Bertz CT molecular complexity index is 992. The van der Waals surface area contributed by atoms with E-state index in [9.17, 15) is 9.59 Å². The molecule has 3 rings (SSSR count). The summed E-state index contributed by atoms with van der Waals surface area (Å²) in [6.07, 6.45) is 3.36. The van der Waals surface area contributed by atoms with E-state index in [2.05, 4.69) is 25.6 Å². The van der Waals surface area contributed by atoms with Gasteiger partial charge in [-0.05, 0) is 36.8 Å². The van der Waals surface area contributed by atoms with E-state index in [0.29, 0.717) is 29.4 Å². The van der Waals surface area contributed by atoms with Crippen molar-refractivity contribution in [3.63, 3.8) is 0 Å². The fourth-order valence-electron chi connectivity index (χ4n) is 2.51. The van der Waals surface area contributed by atoms with Crippen molar-refractivity contribution in [2.75, 3.05) is 12.4 Å². The zero-order chi connectivity index (χ0) is 19.9. The first kappa shape index (κ1) is 19.0. The highest BCUT2D eigenvalue weighted by Crippen LogP contribution is 2.17. The number of anilines is 2. The normalized spacial score (nSPS) is 10.2. The van der Waals surface area contributed by atoms with E-state index < -0.39 is 5.97 Å². The Balaban J connectivity index is 1.74. The predicted molar refractivity (Wildman–Crippen MR) is 103 cm³/mol. The summed E-state index contributed by atoms with van der Waals surface area (Å²) in [6, 6.07) is 12.0. The topological polar surface area (TPSA) is 106 Å². The molecule has 0 spiro atoms. The molecule has 0 atom stereocenters. The molecule has 0 fully saturated rings. The second-order valence-corrected chi connectivity index (χ2v) is 5.93. The van der Waals surface area contributed by atoms with Crippen LogP contribution in [-0.2, 0) is 11.3 Å². The highest BCUT2D eigenvalue weighted by atomic mass is 16.5. The molecule has 142 valence electrons. The Kier molecular flexibility index (Phi) is 5.91. The number of esters is 1. The molecular formula is C20H19N5O3. The monoisotopic (exact) mass is 377 g/mol. The van der Waals surface area contributed by atoms with E-state index >= 15 is 0 Å². The predicted octanol–water partition coefficient (Wildman–Crippen LogP) is 2.64. The van der Waals surface area contributed by atoms with Gasteiger partial charge in [0.1, 0.15) is 17.3 Å². The van der Waals surface area contributed by atoms with Crippen LogP contribution in [0.2, 0.25) is 0 Å². The third-order valence-electron chi connectivity index (χ3n) is 3.80. The number of aromatic nitrogens is 3. The second-order valence-electron chi connectivity index (χ2n) is 5.93. The van der Waals surface area contributed by atoms with Crippen LogP contribution in [0.15, 0.2) is 54.9 Å². The molecule has 8 heteroatoms. The number of aryl methyl sites for hydroxylation is 1. The maximum Gasteiger partial charge on any atom is 0.337 e. The molecule has 0 aliphatic carbocycles. The minimum Gasteiger partial charge on any atom is -0.465 e. The molecule has 1 amide bonds. The number of ether oxygens (including phenoxy) is 1. The van der Waals surface area contributed by atoms with Crippen molar-refractivity contribution in [1.29, 1.82) is 0 Å². The Morgan fingerprint density at radius 2 is 1.96 bits per heavy atom. The molecule has 0 saturated carbocycles. The maximum atomic E-state index is 12.4. The van der Waals surface area contributed by atoms with Crippen LogP contribution < -0.4 is 10.6 Å². The minimum atomic E-state index is -0.432. The first-order valence-corrected chi connectivity index (χ1v) is 8.53. The molecule has 3 aromatic rings. The largest absolute Gasteiger partial charge is 0.465 e. The number of rotatable bonds is 6. The lowest BCUT2D eigenvalue weighted by Gasteiger charge is -2.10. The molecule has 0 aliphatic rings. The van der Waals surface area contributed by atoms with E-state index in [-0.39, 0.29) is 11.6 Å².